The van der Waals surface area contributed by atoms with Gasteiger partial charge in [0, 0.05) is 44.8 Å². The topological polar surface area (TPSA) is 65.6 Å². The highest BCUT2D eigenvalue weighted by atomic mass is 32.1. The zero-order valence-electron chi connectivity index (χ0n) is 13.5. The molecule has 1 aromatic carbocycles. The van der Waals surface area contributed by atoms with Crippen molar-refractivity contribution in [3.05, 3.63) is 35.6 Å². The van der Waals surface area contributed by atoms with Gasteiger partial charge in [-0.25, -0.2) is 4.39 Å². The number of ether oxygens (including phenoxy) is 1. The van der Waals surface area contributed by atoms with Crippen LogP contribution in [0.25, 0.3) is 0 Å². The van der Waals surface area contributed by atoms with E-state index in [2.05, 4.69) is 20.9 Å². The third-order valence-electron chi connectivity index (χ3n) is 3.62. The normalized spacial score (nSPS) is 14.9. The molecule has 1 amide bonds. The standard InChI is InChI=1S/C16H23FN4O2S/c17-14-3-1-13(2-4-14)15(22)18-5-6-19-16(24)20-7-8-21-9-11-23-12-10-21/h1-4H,5-12H2,(H,18,22)(H2,19,20,24). The van der Waals surface area contributed by atoms with Crippen molar-refractivity contribution in [3.63, 3.8) is 0 Å². The molecule has 3 N–H and O–H groups in total. The molecule has 0 atom stereocenters. The minimum absolute atomic E-state index is 0.233. The molecule has 1 aliphatic heterocycles. The van der Waals surface area contributed by atoms with Gasteiger partial charge in [-0.3, -0.25) is 9.69 Å². The number of amides is 1. The van der Waals surface area contributed by atoms with Crippen LogP contribution in [0.4, 0.5) is 4.39 Å². The fraction of sp³-hybridized carbons (Fsp3) is 0.500. The number of halogens is 1. The zero-order valence-corrected chi connectivity index (χ0v) is 14.3. The summed E-state index contributed by atoms with van der Waals surface area (Å²) in [7, 11) is 0. The number of hydrogen-bond donors (Lipinski definition) is 3. The lowest BCUT2D eigenvalue weighted by Crippen LogP contribution is -2.44. The van der Waals surface area contributed by atoms with Gasteiger partial charge in [-0.1, -0.05) is 0 Å². The third kappa shape index (κ3) is 6.77. The van der Waals surface area contributed by atoms with Gasteiger partial charge in [0.25, 0.3) is 5.91 Å². The Labute approximate surface area is 146 Å². The summed E-state index contributed by atoms with van der Waals surface area (Å²) in [5.74, 6) is -0.593. The van der Waals surface area contributed by atoms with Crippen LogP contribution >= 0.6 is 12.2 Å². The van der Waals surface area contributed by atoms with Crippen molar-refractivity contribution in [2.45, 2.75) is 0 Å². The third-order valence-corrected chi connectivity index (χ3v) is 3.91. The lowest BCUT2D eigenvalue weighted by molar-refractivity contribution is 0.0389. The summed E-state index contributed by atoms with van der Waals surface area (Å²) in [6.45, 7) is 6.14. The van der Waals surface area contributed by atoms with E-state index < -0.39 is 0 Å². The van der Waals surface area contributed by atoms with Gasteiger partial charge in [0.15, 0.2) is 5.11 Å². The molecular weight excluding hydrogens is 331 g/mol. The van der Waals surface area contributed by atoms with Crippen LogP contribution in [0.1, 0.15) is 10.4 Å². The van der Waals surface area contributed by atoms with Gasteiger partial charge in [0.2, 0.25) is 0 Å². The average molecular weight is 354 g/mol. The van der Waals surface area contributed by atoms with E-state index in [9.17, 15) is 9.18 Å². The molecule has 24 heavy (non-hydrogen) atoms. The summed E-state index contributed by atoms with van der Waals surface area (Å²) in [4.78, 5) is 14.1. The van der Waals surface area contributed by atoms with E-state index in [0.717, 1.165) is 39.4 Å². The molecule has 1 saturated heterocycles. The second-order valence-corrected chi connectivity index (χ2v) is 5.81. The maximum Gasteiger partial charge on any atom is 0.251 e. The molecule has 0 unspecified atom stereocenters. The van der Waals surface area contributed by atoms with Crippen LogP contribution in [0, 0.1) is 5.82 Å². The Morgan fingerprint density at radius 1 is 1.08 bits per heavy atom. The molecule has 1 aliphatic rings. The predicted molar refractivity (Wildman–Crippen MR) is 94.6 cm³/mol. The molecule has 6 nitrogen and oxygen atoms in total. The van der Waals surface area contributed by atoms with Crippen molar-refractivity contribution < 1.29 is 13.9 Å². The number of nitrogens with zero attached hydrogens (tertiary/aromatic N) is 1. The van der Waals surface area contributed by atoms with Crippen molar-refractivity contribution in [3.8, 4) is 0 Å². The van der Waals surface area contributed by atoms with Crippen molar-refractivity contribution in [1.82, 2.24) is 20.9 Å². The fourth-order valence-electron chi connectivity index (χ4n) is 2.27. The molecule has 8 heteroatoms. The van der Waals surface area contributed by atoms with E-state index in [1.165, 1.54) is 24.3 Å². The van der Waals surface area contributed by atoms with Gasteiger partial charge in [-0.05, 0) is 36.5 Å². The number of rotatable bonds is 7. The van der Waals surface area contributed by atoms with Gasteiger partial charge in [0.05, 0.1) is 13.2 Å². The first-order valence-electron chi connectivity index (χ1n) is 8.01. The molecule has 0 spiro atoms. The highest BCUT2D eigenvalue weighted by Gasteiger charge is 2.09. The van der Waals surface area contributed by atoms with Gasteiger partial charge in [-0.2, -0.15) is 0 Å². The van der Waals surface area contributed by atoms with Gasteiger partial charge < -0.3 is 20.7 Å². The Balaban J connectivity index is 1.52. The number of thiocarbonyl (C=S) groups is 1. The van der Waals surface area contributed by atoms with E-state index >= 15 is 0 Å². The molecule has 1 heterocycles. The average Bonchev–Trinajstić information content (AvgIpc) is 2.60. The van der Waals surface area contributed by atoms with Crippen LogP contribution in [0.15, 0.2) is 24.3 Å². The molecule has 1 fully saturated rings. The van der Waals surface area contributed by atoms with E-state index in [0.29, 0.717) is 23.8 Å². The number of carbonyl (C=O) groups is 1. The Bertz CT molecular complexity index is 535. The van der Waals surface area contributed by atoms with Crippen molar-refractivity contribution in [2.24, 2.45) is 0 Å². The summed E-state index contributed by atoms with van der Waals surface area (Å²) < 4.78 is 18.1. The monoisotopic (exact) mass is 354 g/mol. The second kappa shape index (κ2) is 10.2. The molecule has 0 aliphatic carbocycles. The van der Waals surface area contributed by atoms with Crippen LogP contribution in [-0.2, 0) is 4.74 Å². The Morgan fingerprint density at radius 2 is 1.71 bits per heavy atom. The minimum atomic E-state index is -0.360. The molecule has 0 radical (unpaired) electrons. The maximum absolute atomic E-state index is 12.8. The fourth-order valence-corrected chi connectivity index (χ4v) is 2.47. The summed E-state index contributed by atoms with van der Waals surface area (Å²) in [6.07, 6.45) is 0. The minimum Gasteiger partial charge on any atom is -0.379 e. The van der Waals surface area contributed by atoms with Crippen LogP contribution < -0.4 is 16.0 Å². The number of carbonyl (C=O) groups excluding carboxylic acids is 1. The Hall–Kier alpha value is -1.77. The molecule has 0 saturated carbocycles. The van der Waals surface area contributed by atoms with Gasteiger partial charge in [0.1, 0.15) is 5.82 Å². The Kier molecular flexibility index (Phi) is 7.87. The highest BCUT2D eigenvalue weighted by molar-refractivity contribution is 7.80. The summed E-state index contributed by atoms with van der Waals surface area (Å²) in [5, 5.41) is 9.50. The van der Waals surface area contributed by atoms with Crippen molar-refractivity contribution in [1.29, 1.82) is 0 Å². The van der Waals surface area contributed by atoms with Gasteiger partial charge >= 0.3 is 0 Å². The predicted octanol–water partition coefficient (Wildman–Crippen LogP) is 0.352. The van der Waals surface area contributed by atoms with E-state index in [1.807, 2.05) is 0 Å². The van der Waals surface area contributed by atoms with Gasteiger partial charge in [-0.15, -0.1) is 0 Å². The molecule has 132 valence electrons. The SMILES string of the molecule is O=C(NCCNC(=S)NCCN1CCOCC1)c1ccc(F)cc1. The number of benzene rings is 1. The van der Waals surface area contributed by atoms with E-state index in [-0.39, 0.29) is 11.7 Å². The molecule has 0 bridgehead atoms. The quantitative estimate of drug-likeness (QED) is 0.485. The van der Waals surface area contributed by atoms with Crippen LogP contribution in [0.5, 0.6) is 0 Å². The number of nitrogens with one attached hydrogen (secondary N) is 3. The summed E-state index contributed by atoms with van der Waals surface area (Å²) >= 11 is 5.19. The first-order valence-corrected chi connectivity index (χ1v) is 8.41. The van der Waals surface area contributed by atoms with Crippen molar-refractivity contribution >= 4 is 23.2 Å². The highest BCUT2D eigenvalue weighted by Crippen LogP contribution is 2.01. The lowest BCUT2D eigenvalue weighted by atomic mass is 10.2. The lowest BCUT2D eigenvalue weighted by Gasteiger charge is -2.26. The van der Waals surface area contributed by atoms with Crippen LogP contribution in [0.2, 0.25) is 0 Å². The molecule has 2 rings (SSSR count). The smallest absolute Gasteiger partial charge is 0.251 e. The first kappa shape index (κ1) is 18.6. The van der Waals surface area contributed by atoms with E-state index in [4.69, 9.17) is 17.0 Å². The number of morpholine rings is 1. The molecular formula is C16H23FN4O2S. The van der Waals surface area contributed by atoms with E-state index in [1.54, 1.807) is 0 Å². The Morgan fingerprint density at radius 3 is 2.42 bits per heavy atom. The zero-order chi connectivity index (χ0) is 17.2. The first-order chi connectivity index (χ1) is 11.6. The van der Waals surface area contributed by atoms with Crippen molar-refractivity contribution in [2.75, 3.05) is 52.5 Å². The molecule has 1 aromatic rings. The summed E-state index contributed by atoms with van der Waals surface area (Å²) in [6, 6.07) is 5.44. The molecule has 0 aromatic heterocycles. The summed E-state index contributed by atoms with van der Waals surface area (Å²) in [5.41, 5.74) is 0.433. The second-order valence-electron chi connectivity index (χ2n) is 5.40. The maximum atomic E-state index is 12.8. The number of hydrogen-bond acceptors (Lipinski definition) is 4. The van der Waals surface area contributed by atoms with Crippen LogP contribution in [-0.4, -0.2) is 68.4 Å². The largest absolute Gasteiger partial charge is 0.379 e. The van der Waals surface area contributed by atoms with Crippen LogP contribution in [0.3, 0.4) is 0 Å².